The quantitative estimate of drug-likeness (QED) is 0.603. The zero-order valence-electron chi connectivity index (χ0n) is 8.38. The zero-order chi connectivity index (χ0) is 11.1. The summed E-state index contributed by atoms with van der Waals surface area (Å²) in [4.78, 5) is 11.1. The second-order valence-corrected chi connectivity index (χ2v) is 2.87. The van der Waals surface area contributed by atoms with Crippen LogP contribution in [-0.4, -0.2) is 18.0 Å². The summed E-state index contributed by atoms with van der Waals surface area (Å²) in [5, 5.41) is 9.03. The van der Waals surface area contributed by atoms with Crippen LogP contribution in [0.5, 0.6) is 5.75 Å². The van der Waals surface area contributed by atoms with Crippen molar-refractivity contribution in [3.05, 3.63) is 48.2 Å². The Morgan fingerprint density at radius 2 is 1.93 bits per heavy atom. The van der Waals surface area contributed by atoms with Crippen LogP contribution in [0.1, 0.15) is 5.56 Å². The molecule has 3 heteroatoms. The van der Waals surface area contributed by atoms with Crippen molar-refractivity contribution in [1.82, 2.24) is 0 Å². The van der Waals surface area contributed by atoms with Gasteiger partial charge in [-0.3, -0.25) is 4.79 Å². The van der Waals surface area contributed by atoms with Crippen molar-refractivity contribution in [3.63, 3.8) is 0 Å². The molecule has 0 atom stereocenters. The largest absolute Gasteiger partial charge is 0.508 e. The van der Waals surface area contributed by atoms with Gasteiger partial charge in [-0.25, -0.2) is 0 Å². The average Bonchev–Trinajstić information content (AvgIpc) is 2.25. The van der Waals surface area contributed by atoms with Crippen molar-refractivity contribution >= 4 is 11.9 Å². The van der Waals surface area contributed by atoms with Crippen LogP contribution in [0, 0.1) is 0 Å². The number of ketones is 1. The van der Waals surface area contributed by atoms with Gasteiger partial charge in [-0.2, -0.15) is 0 Å². The molecular weight excluding hydrogens is 192 g/mol. The predicted molar refractivity (Wildman–Crippen MR) is 58.3 cm³/mol. The van der Waals surface area contributed by atoms with Gasteiger partial charge in [0, 0.05) is 6.08 Å². The first-order valence-electron chi connectivity index (χ1n) is 4.43. The SMILES string of the molecule is COC=CC(=O)C=Cc1ccc(O)cc1. The van der Waals surface area contributed by atoms with Crippen molar-refractivity contribution in [3.8, 4) is 5.75 Å². The third-order valence-electron chi connectivity index (χ3n) is 1.70. The Morgan fingerprint density at radius 1 is 1.27 bits per heavy atom. The van der Waals surface area contributed by atoms with Gasteiger partial charge in [0.2, 0.25) is 0 Å². The van der Waals surface area contributed by atoms with Gasteiger partial charge in [0.15, 0.2) is 5.78 Å². The summed E-state index contributed by atoms with van der Waals surface area (Å²) >= 11 is 0. The molecule has 0 aliphatic carbocycles. The summed E-state index contributed by atoms with van der Waals surface area (Å²) < 4.78 is 4.61. The summed E-state index contributed by atoms with van der Waals surface area (Å²) in [6, 6.07) is 6.57. The molecule has 0 saturated heterocycles. The number of rotatable bonds is 4. The fourth-order valence-electron chi connectivity index (χ4n) is 0.954. The van der Waals surface area contributed by atoms with Gasteiger partial charge in [0.05, 0.1) is 13.4 Å². The molecule has 0 aromatic heterocycles. The molecule has 0 saturated carbocycles. The molecule has 0 heterocycles. The third kappa shape index (κ3) is 4.13. The van der Waals surface area contributed by atoms with Gasteiger partial charge in [0.25, 0.3) is 0 Å². The highest BCUT2D eigenvalue weighted by atomic mass is 16.5. The maximum atomic E-state index is 11.1. The predicted octanol–water partition coefficient (Wildman–Crippen LogP) is 2.13. The minimum Gasteiger partial charge on any atom is -0.508 e. The van der Waals surface area contributed by atoms with E-state index in [9.17, 15) is 4.79 Å². The normalized spacial score (nSPS) is 11.0. The second kappa shape index (κ2) is 5.65. The maximum Gasteiger partial charge on any atom is 0.181 e. The van der Waals surface area contributed by atoms with Crippen LogP contribution in [0.3, 0.4) is 0 Å². The molecule has 0 unspecified atom stereocenters. The summed E-state index contributed by atoms with van der Waals surface area (Å²) in [6.45, 7) is 0. The number of aromatic hydroxyl groups is 1. The van der Waals surface area contributed by atoms with Gasteiger partial charge in [-0.15, -0.1) is 0 Å². The highest BCUT2D eigenvalue weighted by Gasteiger charge is 1.90. The molecule has 0 amide bonds. The van der Waals surface area contributed by atoms with Crippen LogP contribution in [-0.2, 0) is 9.53 Å². The molecular formula is C12H12O3. The van der Waals surface area contributed by atoms with Crippen LogP contribution < -0.4 is 0 Å². The lowest BCUT2D eigenvalue weighted by Gasteiger charge is -1.92. The van der Waals surface area contributed by atoms with Crippen molar-refractivity contribution in [2.24, 2.45) is 0 Å². The van der Waals surface area contributed by atoms with Crippen LogP contribution in [0.25, 0.3) is 6.08 Å². The Morgan fingerprint density at radius 3 is 2.53 bits per heavy atom. The average molecular weight is 204 g/mol. The lowest BCUT2D eigenvalue weighted by molar-refractivity contribution is -0.110. The summed E-state index contributed by atoms with van der Waals surface area (Å²) in [5.41, 5.74) is 0.854. The van der Waals surface area contributed by atoms with E-state index in [4.69, 9.17) is 5.11 Å². The number of benzene rings is 1. The summed E-state index contributed by atoms with van der Waals surface area (Å²) in [5.74, 6) is 0.0580. The zero-order valence-corrected chi connectivity index (χ0v) is 8.38. The molecule has 0 bridgehead atoms. The molecule has 3 nitrogen and oxygen atoms in total. The van der Waals surface area contributed by atoms with Gasteiger partial charge in [-0.1, -0.05) is 18.2 Å². The Bertz CT molecular complexity index is 374. The fraction of sp³-hybridized carbons (Fsp3) is 0.0833. The van der Waals surface area contributed by atoms with Crippen molar-refractivity contribution in [2.75, 3.05) is 7.11 Å². The highest BCUT2D eigenvalue weighted by molar-refractivity contribution is 6.01. The number of ether oxygens (including phenoxy) is 1. The summed E-state index contributed by atoms with van der Waals surface area (Å²) in [6.07, 6.45) is 5.75. The van der Waals surface area contributed by atoms with E-state index >= 15 is 0 Å². The summed E-state index contributed by atoms with van der Waals surface area (Å²) in [7, 11) is 1.48. The lowest BCUT2D eigenvalue weighted by atomic mass is 10.2. The Balaban J connectivity index is 2.61. The first-order valence-corrected chi connectivity index (χ1v) is 4.43. The highest BCUT2D eigenvalue weighted by Crippen LogP contribution is 2.10. The Kier molecular flexibility index (Phi) is 4.16. The molecule has 1 aromatic carbocycles. The number of hydrogen-bond donors (Lipinski definition) is 1. The molecule has 0 radical (unpaired) electrons. The first-order chi connectivity index (χ1) is 7.22. The molecule has 0 aliphatic rings. The van der Waals surface area contributed by atoms with E-state index in [1.807, 2.05) is 0 Å². The Labute approximate surface area is 88.3 Å². The van der Waals surface area contributed by atoms with E-state index < -0.39 is 0 Å². The van der Waals surface area contributed by atoms with Gasteiger partial charge in [0.1, 0.15) is 5.75 Å². The van der Waals surface area contributed by atoms with E-state index in [1.165, 1.54) is 25.5 Å². The molecule has 0 fully saturated rings. The van der Waals surface area contributed by atoms with Crippen molar-refractivity contribution < 1.29 is 14.6 Å². The number of carbonyl (C=O) groups excluding carboxylic acids is 1. The maximum absolute atomic E-state index is 11.1. The van der Waals surface area contributed by atoms with Crippen LogP contribution in [0.2, 0.25) is 0 Å². The first kappa shape index (κ1) is 11.0. The van der Waals surface area contributed by atoms with Gasteiger partial charge in [-0.05, 0) is 23.8 Å². The van der Waals surface area contributed by atoms with Crippen LogP contribution in [0.15, 0.2) is 42.7 Å². The van der Waals surface area contributed by atoms with Crippen LogP contribution >= 0.6 is 0 Å². The molecule has 78 valence electrons. The number of phenols is 1. The van der Waals surface area contributed by atoms with E-state index in [2.05, 4.69) is 4.74 Å². The van der Waals surface area contributed by atoms with E-state index in [0.717, 1.165) is 5.56 Å². The van der Waals surface area contributed by atoms with Crippen molar-refractivity contribution in [2.45, 2.75) is 0 Å². The number of phenolic OH excluding ortho intramolecular Hbond substituents is 1. The second-order valence-electron chi connectivity index (χ2n) is 2.87. The fourth-order valence-corrected chi connectivity index (χ4v) is 0.954. The molecule has 1 aromatic rings. The molecule has 0 aliphatic heterocycles. The standard InChI is InChI=1S/C12H12O3/c1-15-9-8-12(14)7-4-10-2-5-11(13)6-3-10/h2-9,13H,1H3. The molecule has 1 N–H and O–H groups in total. The lowest BCUT2D eigenvalue weighted by Crippen LogP contribution is -1.85. The minimum absolute atomic E-state index is 0.148. The molecule has 15 heavy (non-hydrogen) atoms. The Hall–Kier alpha value is -2.03. The number of allylic oxidation sites excluding steroid dienone is 2. The third-order valence-corrected chi connectivity index (χ3v) is 1.70. The number of hydrogen-bond acceptors (Lipinski definition) is 3. The molecule has 0 spiro atoms. The van der Waals surface area contributed by atoms with E-state index in [1.54, 1.807) is 30.3 Å². The monoisotopic (exact) mass is 204 g/mol. The minimum atomic E-state index is -0.148. The smallest absolute Gasteiger partial charge is 0.181 e. The van der Waals surface area contributed by atoms with Crippen LogP contribution in [0.4, 0.5) is 0 Å². The van der Waals surface area contributed by atoms with Gasteiger partial charge < -0.3 is 9.84 Å². The number of carbonyl (C=O) groups is 1. The van der Waals surface area contributed by atoms with Crippen molar-refractivity contribution in [1.29, 1.82) is 0 Å². The van der Waals surface area contributed by atoms with E-state index in [0.29, 0.717) is 0 Å². The van der Waals surface area contributed by atoms with Gasteiger partial charge >= 0.3 is 0 Å². The molecule has 1 rings (SSSR count). The van der Waals surface area contributed by atoms with E-state index in [-0.39, 0.29) is 11.5 Å². The topological polar surface area (TPSA) is 46.5 Å². The number of methoxy groups -OCH3 is 1.